The van der Waals surface area contributed by atoms with E-state index in [9.17, 15) is 4.79 Å². The number of carbonyl (C=O) groups is 1. The third kappa shape index (κ3) is 1.95. The average Bonchev–Trinajstić information content (AvgIpc) is 2.71. The number of halogens is 1. The summed E-state index contributed by atoms with van der Waals surface area (Å²) in [6, 6.07) is 3.37. The van der Waals surface area contributed by atoms with Gasteiger partial charge < -0.3 is 9.63 Å². The Balaban J connectivity index is 2.45. The minimum atomic E-state index is -1.11. The lowest BCUT2D eigenvalue weighted by Gasteiger charge is -1.87. The summed E-state index contributed by atoms with van der Waals surface area (Å²) >= 11 is 4.91. The molecule has 2 heterocycles. The van der Waals surface area contributed by atoms with Crippen molar-refractivity contribution in [1.82, 2.24) is 5.16 Å². The highest BCUT2D eigenvalue weighted by Crippen LogP contribution is 2.35. The summed E-state index contributed by atoms with van der Waals surface area (Å²) < 4.78 is 5.58. The molecule has 0 spiro atoms. The topological polar surface area (TPSA) is 63.3 Å². The zero-order chi connectivity index (χ0) is 11.0. The van der Waals surface area contributed by atoms with E-state index >= 15 is 0 Å². The zero-order valence-corrected chi connectivity index (χ0v) is 10.1. The Kier molecular flexibility index (Phi) is 2.62. The third-order valence-corrected chi connectivity index (χ3v) is 3.72. The van der Waals surface area contributed by atoms with Crippen molar-refractivity contribution in [3.63, 3.8) is 0 Å². The smallest absolute Gasteiger partial charge is 0.374 e. The number of thiophene rings is 1. The Morgan fingerprint density at radius 1 is 1.60 bits per heavy atom. The van der Waals surface area contributed by atoms with Gasteiger partial charge in [0.05, 0.1) is 4.88 Å². The molecule has 0 atom stereocenters. The van der Waals surface area contributed by atoms with E-state index in [1.165, 1.54) is 17.4 Å². The van der Waals surface area contributed by atoms with Gasteiger partial charge in [0.2, 0.25) is 5.76 Å². The van der Waals surface area contributed by atoms with E-state index in [-0.39, 0.29) is 5.76 Å². The number of aryl methyl sites for hydroxylation is 1. The van der Waals surface area contributed by atoms with Crippen LogP contribution in [-0.4, -0.2) is 16.2 Å². The molecular weight excluding hydrogens is 282 g/mol. The summed E-state index contributed by atoms with van der Waals surface area (Å²) in [5.74, 6) is -1.26. The molecule has 0 saturated heterocycles. The number of carboxylic acid groups (broad SMARTS) is 1. The first-order valence-electron chi connectivity index (χ1n) is 4.04. The van der Waals surface area contributed by atoms with Crippen LogP contribution in [0.5, 0.6) is 0 Å². The van der Waals surface area contributed by atoms with Crippen LogP contribution in [0.15, 0.2) is 21.1 Å². The van der Waals surface area contributed by atoms with Crippen molar-refractivity contribution in [2.24, 2.45) is 0 Å². The molecule has 0 unspecified atom stereocenters. The molecule has 0 saturated carbocycles. The molecule has 0 radical (unpaired) electrons. The lowest BCUT2D eigenvalue weighted by molar-refractivity contribution is 0.0652. The lowest BCUT2D eigenvalue weighted by Crippen LogP contribution is -1.91. The molecule has 15 heavy (non-hydrogen) atoms. The van der Waals surface area contributed by atoms with E-state index in [0.29, 0.717) is 5.69 Å². The van der Waals surface area contributed by atoms with Crippen LogP contribution in [0.3, 0.4) is 0 Å². The zero-order valence-electron chi connectivity index (χ0n) is 7.65. The van der Waals surface area contributed by atoms with Crippen LogP contribution >= 0.6 is 27.3 Å². The number of rotatable bonds is 2. The number of nitrogens with zero attached hydrogens (tertiary/aromatic N) is 1. The molecule has 0 amide bonds. The molecule has 2 aromatic rings. The number of hydrogen-bond acceptors (Lipinski definition) is 4. The van der Waals surface area contributed by atoms with Gasteiger partial charge >= 0.3 is 5.97 Å². The van der Waals surface area contributed by atoms with Gasteiger partial charge in [-0.2, -0.15) is 0 Å². The van der Waals surface area contributed by atoms with Crippen molar-refractivity contribution >= 4 is 33.2 Å². The normalized spacial score (nSPS) is 10.5. The SMILES string of the molecule is Cc1cc(Br)c(-c2cc(C(=O)O)on2)s1. The highest BCUT2D eigenvalue weighted by molar-refractivity contribution is 9.10. The van der Waals surface area contributed by atoms with E-state index < -0.39 is 5.97 Å². The predicted octanol–water partition coefficient (Wildman–Crippen LogP) is 3.17. The molecule has 2 aromatic heterocycles. The van der Waals surface area contributed by atoms with Crippen LogP contribution in [0, 0.1) is 6.92 Å². The second-order valence-electron chi connectivity index (χ2n) is 2.92. The number of aromatic nitrogens is 1. The first-order valence-corrected chi connectivity index (χ1v) is 5.65. The minimum Gasteiger partial charge on any atom is -0.475 e. The van der Waals surface area contributed by atoms with Gasteiger partial charge in [0.25, 0.3) is 0 Å². The van der Waals surface area contributed by atoms with Crippen molar-refractivity contribution < 1.29 is 14.4 Å². The second kappa shape index (κ2) is 3.79. The summed E-state index contributed by atoms with van der Waals surface area (Å²) in [5.41, 5.74) is 0.539. The van der Waals surface area contributed by atoms with E-state index in [2.05, 4.69) is 25.6 Å². The number of carboxylic acids is 1. The second-order valence-corrected chi connectivity index (χ2v) is 5.03. The Morgan fingerprint density at radius 2 is 2.33 bits per heavy atom. The highest BCUT2D eigenvalue weighted by Gasteiger charge is 2.15. The summed E-state index contributed by atoms with van der Waals surface area (Å²) in [5, 5.41) is 12.4. The van der Waals surface area contributed by atoms with E-state index in [4.69, 9.17) is 5.11 Å². The molecule has 0 fully saturated rings. The van der Waals surface area contributed by atoms with Crippen molar-refractivity contribution in [3.05, 3.63) is 27.2 Å². The minimum absolute atomic E-state index is 0.150. The summed E-state index contributed by atoms with van der Waals surface area (Å²) in [4.78, 5) is 12.6. The third-order valence-electron chi connectivity index (χ3n) is 1.76. The van der Waals surface area contributed by atoms with Gasteiger partial charge in [-0.25, -0.2) is 4.79 Å². The molecule has 0 aliphatic heterocycles. The first-order chi connectivity index (χ1) is 7.08. The van der Waals surface area contributed by atoms with Crippen molar-refractivity contribution in [2.75, 3.05) is 0 Å². The van der Waals surface area contributed by atoms with Gasteiger partial charge in [0.1, 0.15) is 5.69 Å². The predicted molar refractivity (Wildman–Crippen MR) is 59.2 cm³/mol. The molecule has 1 N–H and O–H groups in total. The molecule has 6 heteroatoms. The number of hydrogen-bond donors (Lipinski definition) is 1. The molecule has 0 aliphatic rings. The highest BCUT2D eigenvalue weighted by atomic mass is 79.9. The van der Waals surface area contributed by atoms with E-state index in [1.807, 2.05) is 13.0 Å². The lowest BCUT2D eigenvalue weighted by atomic mass is 10.3. The molecule has 2 rings (SSSR count). The molecule has 0 aromatic carbocycles. The largest absolute Gasteiger partial charge is 0.475 e. The fraction of sp³-hybridized carbons (Fsp3) is 0.111. The fourth-order valence-electron chi connectivity index (χ4n) is 1.14. The molecule has 4 nitrogen and oxygen atoms in total. The van der Waals surface area contributed by atoms with Gasteiger partial charge in [-0.05, 0) is 28.9 Å². The Hall–Kier alpha value is -1.14. The summed E-state index contributed by atoms with van der Waals surface area (Å²) in [6.07, 6.45) is 0. The quantitative estimate of drug-likeness (QED) is 0.921. The van der Waals surface area contributed by atoms with Crippen molar-refractivity contribution in [1.29, 1.82) is 0 Å². The first kappa shape index (κ1) is 10.4. The Morgan fingerprint density at radius 3 is 2.80 bits per heavy atom. The Bertz CT molecular complexity index is 517. The maximum Gasteiger partial charge on any atom is 0.374 e. The maximum atomic E-state index is 10.6. The van der Waals surface area contributed by atoms with Crippen molar-refractivity contribution in [3.8, 4) is 10.6 Å². The summed E-state index contributed by atoms with van der Waals surface area (Å²) in [6.45, 7) is 1.97. The standard InChI is InChI=1S/C9H6BrNO3S/c1-4-2-5(10)8(15-4)6-3-7(9(12)13)14-11-6/h2-3H,1H3,(H,12,13). The molecule has 0 aliphatic carbocycles. The van der Waals surface area contributed by atoms with Crippen LogP contribution < -0.4 is 0 Å². The van der Waals surface area contributed by atoms with Crippen LogP contribution in [0.4, 0.5) is 0 Å². The summed E-state index contributed by atoms with van der Waals surface area (Å²) in [7, 11) is 0. The van der Waals surface area contributed by atoms with Gasteiger partial charge in [-0.1, -0.05) is 5.16 Å². The van der Waals surface area contributed by atoms with Crippen LogP contribution in [-0.2, 0) is 0 Å². The van der Waals surface area contributed by atoms with E-state index in [0.717, 1.165) is 14.2 Å². The Labute approximate surface area is 97.6 Å². The van der Waals surface area contributed by atoms with Gasteiger partial charge in [0.15, 0.2) is 0 Å². The van der Waals surface area contributed by atoms with Gasteiger partial charge in [-0.3, -0.25) is 0 Å². The molecule has 78 valence electrons. The maximum absolute atomic E-state index is 10.6. The van der Waals surface area contributed by atoms with Crippen LogP contribution in [0.1, 0.15) is 15.4 Å². The van der Waals surface area contributed by atoms with E-state index in [1.54, 1.807) is 0 Å². The van der Waals surface area contributed by atoms with Crippen LogP contribution in [0.2, 0.25) is 0 Å². The molecular formula is C9H6BrNO3S. The molecule has 0 bridgehead atoms. The fourth-order valence-corrected chi connectivity index (χ4v) is 2.94. The van der Waals surface area contributed by atoms with Gasteiger partial charge in [0, 0.05) is 15.4 Å². The monoisotopic (exact) mass is 287 g/mol. The van der Waals surface area contributed by atoms with Gasteiger partial charge in [-0.15, -0.1) is 11.3 Å². The van der Waals surface area contributed by atoms with Crippen LogP contribution in [0.25, 0.3) is 10.6 Å². The van der Waals surface area contributed by atoms with Crippen molar-refractivity contribution in [2.45, 2.75) is 6.92 Å². The number of aromatic carboxylic acids is 1. The average molecular weight is 288 g/mol.